The summed E-state index contributed by atoms with van der Waals surface area (Å²) in [5.74, 6) is -0.586. The summed E-state index contributed by atoms with van der Waals surface area (Å²) in [6, 6.07) is -0.941. The number of nitrogens with zero attached hydrogens (tertiary/aromatic N) is 1. The van der Waals surface area contributed by atoms with Crippen LogP contribution < -0.4 is 5.32 Å². The molecule has 1 heterocycles. The van der Waals surface area contributed by atoms with Crippen molar-refractivity contribution in [3.8, 4) is 0 Å². The van der Waals surface area contributed by atoms with Crippen LogP contribution in [0.1, 0.15) is 51.9 Å². The van der Waals surface area contributed by atoms with Gasteiger partial charge in [0.25, 0.3) is 0 Å². The number of halogens is 3. The molecule has 4 nitrogen and oxygen atoms in total. The summed E-state index contributed by atoms with van der Waals surface area (Å²) in [6.07, 6.45) is -1.63. The van der Waals surface area contributed by atoms with Crippen molar-refractivity contribution in [2.45, 2.75) is 69.6 Å². The zero-order chi connectivity index (χ0) is 15.7. The first-order valence-electron chi connectivity index (χ1n) is 7.42. The summed E-state index contributed by atoms with van der Waals surface area (Å²) in [7, 11) is 0. The van der Waals surface area contributed by atoms with E-state index in [1.807, 2.05) is 0 Å². The minimum absolute atomic E-state index is 0.0592. The van der Waals surface area contributed by atoms with E-state index in [0.717, 1.165) is 19.3 Å². The summed E-state index contributed by atoms with van der Waals surface area (Å²) in [5, 5.41) is 2.78. The monoisotopic (exact) mass is 306 g/mol. The SMILES string of the molecule is CC(CC(F)(F)F)N1CCC(=O)NC2(CCCCC2)C1=O. The lowest BCUT2D eigenvalue weighted by molar-refractivity contribution is -0.157. The molecule has 0 aromatic heterocycles. The first-order chi connectivity index (χ1) is 9.73. The number of amides is 2. The van der Waals surface area contributed by atoms with Crippen molar-refractivity contribution in [1.29, 1.82) is 0 Å². The maximum atomic E-state index is 12.7. The van der Waals surface area contributed by atoms with Crippen molar-refractivity contribution in [2.75, 3.05) is 6.54 Å². The molecular formula is C14H21F3N2O2. The average Bonchev–Trinajstić information content (AvgIpc) is 2.47. The van der Waals surface area contributed by atoms with Gasteiger partial charge in [-0.15, -0.1) is 0 Å². The Kier molecular flexibility index (Phi) is 4.49. The Morgan fingerprint density at radius 3 is 2.43 bits per heavy atom. The Labute approximate surface area is 122 Å². The lowest BCUT2D eigenvalue weighted by Crippen LogP contribution is -2.59. The van der Waals surface area contributed by atoms with Gasteiger partial charge in [-0.25, -0.2) is 0 Å². The molecule has 1 N–H and O–H groups in total. The fourth-order valence-electron chi connectivity index (χ4n) is 3.34. The van der Waals surface area contributed by atoms with Crippen molar-refractivity contribution in [2.24, 2.45) is 0 Å². The molecule has 0 radical (unpaired) electrons. The Balaban J connectivity index is 2.21. The predicted molar refractivity (Wildman–Crippen MR) is 70.4 cm³/mol. The zero-order valence-corrected chi connectivity index (χ0v) is 12.1. The molecule has 0 bridgehead atoms. The molecule has 21 heavy (non-hydrogen) atoms. The van der Waals surface area contributed by atoms with Gasteiger partial charge in [0.05, 0.1) is 6.42 Å². The molecule has 1 spiro atoms. The molecule has 0 aromatic carbocycles. The van der Waals surface area contributed by atoms with E-state index in [4.69, 9.17) is 0 Å². The lowest BCUT2D eigenvalue weighted by atomic mass is 9.80. The van der Waals surface area contributed by atoms with Crippen LogP contribution in [-0.4, -0.2) is 41.0 Å². The molecule has 120 valence electrons. The van der Waals surface area contributed by atoms with Crippen molar-refractivity contribution >= 4 is 11.8 Å². The van der Waals surface area contributed by atoms with E-state index < -0.39 is 24.2 Å². The van der Waals surface area contributed by atoms with Crippen LogP contribution in [0.15, 0.2) is 0 Å². The molecule has 1 atom stereocenters. The van der Waals surface area contributed by atoms with Crippen LogP contribution in [0.25, 0.3) is 0 Å². The first kappa shape index (κ1) is 16.1. The van der Waals surface area contributed by atoms with Crippen LogP contribution in [0.5, 0.6) is 0 Å². The number of nitrogens with one attached hydrogen (secondary N) is 1. The van der Waals surface area contributed by atoms with E-state index in [1.165, 1.54) is 11.8 Å². The molecule has 1 saturated heterocycles. The second-order valence-corrected chi connectivity index (χ2v) is 6.11. The van der Waals surface area contributed by atoms with Gasteiger partial charge < -0.3 is 10.2 Å². The molecule has 7 heteroatoms. The average molecular weight is 306 g/mol. The normalized spacial score (nSPS) is 24.7. The van der Waals surface area contributed by atoms with Gasteiger partial charge in [0, 0.05) is 19.0 Å². The third-order valence-electron chi connectivity index (χ3n) is 4.39. The zero-order valence-electron chi connectivity index (χ0n) is 12.1. The predicted octanol–water partition coefficient (Wildman–Crippen LogP) is 2.38. The van der Waals surface area contributed by atoms with Gasteiger partial charge in [-0.3, -0.25) is 9.59 Å². The van der Waals surface area contributed by atoms with Crippen LogP contribution >= 0.6 is 0 Å². The van der Waals surface area contributed by atoms with Crippen LogP contribution in [0.3, 0.4) is 0 Å². The van der Waals surface area contributed by atoms with Gasteiger partial charge in [0.15, 0.2) is 0 Å². The van der Waals surface area contributed by atoms with E-state index in [0.29, 0.717) is 12.8 Å². The van der Waals surface area contributed by atoms with Crippen molar-refractivity contribution in [3.05, 3.63) is 0 Å². The molecule has 2 amide bonds. The maximum absolute atomic E-state index is 12.7. The number of carbonyl (C=O) groups excluding carboxylic acids is 2. The number of carbonyl (C=O) groups is 2. The molecular weight excluding hydrogens is 285 g/mol. The summed E-state index contributed by atoms with van der Waals surface area (Å²) in [4.78, 5) is 25.8. The van der Waals surface area contributed by atoms with Crippen LogP contribution in [-0.2, 0) is 9.59 Å². The fourth-order valence-corrected chi connectivity index (χ4v) is 3.34. The van der Waals surface area contributed by atoms with E-state index in [2.05, 4.69) is 5.32 Å². The number of rotatable bonds is 2. The van der Waals surface area contributed by atoms with Crippen molar-refractivity contribution in [1.82, 2.24) is 10.2 Å². The van der Waals surface area contributed by atoms with Gasteiger partial charge >= 0.3 is 6.18 Å². The van der Waals surface area contributed by atoms with E-state index in [9.17, 15) is 22.8 Å². The van der Waals surface area contributed by atoms with Crippen LogP contribution in [0, 0.1) is 0 Å². The second kappa shape index (κ2) is 5.85. The second-order valence-electron chi connectivity index (χ2n) is 6.11. The van der Waals surface area contributed by atoms with Gasteiger partial charge in [0.1, 0.15) is 5.54 Å². The third kappa shape index (κ3) is 3.68. The topological polar surface area (TPSA) is 49.4 Å². The van der Waals surface area contributed by atoms with Gasteiger partial charge in [-0.2, -0.15) is 13.2 Å². The molecule has 2 rings (SSSR count). The lowest BCUT2D eigenvalue weighted by Gasteiger charge is -2.40. The highest BCUT2D eigenvalue weighted by molar-refractivity contribution is 5.93. The molecule has 1 aliphatic carbocycles. The summed E-state index contributed by atoms with van der Waals surface area (Å²) in [6.45, 7) is 1.46. The number of alkyl halides is 3. The summed E-state index contributed by atoms with van der Waals surface area (Å²) >= 11 is 0. The van der Waals surface area contributed by atoms with Crippen LogP contribution in [0.4, 0.5) is 13.2 Å². The number of hydrogen-bond acceptors (Lipinski definition) is 2. The number of hydrogen-bond donors (Lipinski definition) is 1. The van der Waals surface area contributed by atoms with Crippen LogP contribution in [0.2, 0.25) is 0 Å². The highest BCUT2D eigenvalue weighted by Crippen LogP contribution is 2.33. The van der Waals surface area contributed by atoms with E-state index >= 15 is 0 Å². The highest BCUT2D eigenvalue weighted by Gasteiger charge is 2.47. The summed E-state index contributed by atoms with van der Waals surface area (Å²) < 4.78 is 37.7. The minimum Gasteiger partial charge on any atom is -0.342 e. The smallest absolute Gasteiger partial charge is 0.342 e. The van der Waals surface area contributed by atoms with Crippen molar-refractivity contribution < 1.29 is 22.8 Å². The molecule has 1 aliphatic heterocycles. The maximum Gasteiger partial charge on any atom is 0.391 e. The third-order valence-corrected chi connectivity index (χ3v) is 4.39. The van der Waals surface area contributed by atoms with Crippen molar-refractivity contribution in [3.63, 3.8) is 0 Å². The Morgan fingerprint density at radius 2 is 1.86 bits per heavy atom. The molecule has 1 saturated carbocycles. The Hall–Kier alpha value is -1.27. The van der Waals surface area contributed by atoms with Gasteiger partial charge in [0.2, 0.25) is 11.8 Å². The molecule has 0 aromatic rings. The minimum atomic E-state index is -4.32. The van der Waals surface area contributed by atoms with Gasteiger partial charge in [-0.1, -0.05) is 19.3 Å². The standard InChI is InChI=1S/C14H21F3N2O2/c1-10(9-14(15,16)17)19-8-5-11(20)18-13(12(19)21)6-3-2-4-7-13/h10H,2-9H2,1H3,(H,18,20). The first-order valence-corrected chi connectivity index (χ1v) is 7.42. The largest absolute Gasteiger partial charge is 0.391 e. The molecule has 2 fully saturated rings. The molecule has 1 unspecified atom stereocenters. The fraction of sp³-hybridized carbons (Fsp3) is 0.857. The highest BCUT2D eigenvalue weighted by atomic mass is 19.4. The summed E-state index contributed by atoms with van der Waals surface area (Å²) in [5.41, 5.74) is -0.980. The van der Waals surface area contributed by atoms with E-state index in [1.54, 1.807) is 0 Å². The van der Waals surface area contributed by atoms with Gasteiger partial charge in [-0.05, 0) is 19.8 Å². The Morgan fingerprint density at radius 1 is 1.24 bits per heavy atom. The Bertz CT molecular complexity index is 417. The molecule has 2 aliphatic rings. The quantitative estimate of drug-likeness (QED) is 0.851. The van der Waals surface area contributed by atoms with E-state index in [-0.39, 0.29) is 24.8 Å².